The number of benzene rings is 2. The number of hydrogen-bond donors (Lipinski definition) is 2. The lowest BCUT2D eigenvalue weighted by Crippen LogP contribution is -2.44. The molecule has 4 amide bonds. The van der Waals surface area contributed by atoms with E-state index in [1.807, 2.05) is 42.5 Å². The molecule has 2 aromatic rings. The first kappa shape index (κ1) is 21.1. The molecule has 1 aliphatic heterocycles. The Morgan fingerprint density at radius 1 is 1.16 bits per heavy atom. The van der Waals surface area contributed by atoms with Crippen LogP contribution in [0.1, 0.15) is 61.4 Å². The summed E-state index contributed by atoms with van der Waals surface area (Å²) in [5, 5.41) is 5.80. The van der Waals surface area contributed by atoms with Crippen molar-refractivity contribution in [3.05, 3.63) is 70.8 Å². The SMILES string of the molecule is CCCc1ccc([C@]2(C)NC(=O)N(CC(=O)N[C@@H]3CCCc4ccccc43)C2=O)cc1. The van der Waals surface area contributed by atoms with Gasteiger partial charge in [0.25, 0.3) is 5.91 Å². The molecule has 162 valence electrons. The molecule has 0 unspecified atom stereocenters. The molecule has 1 heterocycles. The Labute approximate surface area is 183 Å². The predicted molar refractivity (Wildman–Crippen MR) is 118 cm³/mol. The summed E-state index contributed by atoms with van der Waals surface area (Å²) in [7, 11) is 0. The molecule has 0 spiro atoms. The highest BCUT2D eigenvalue weighted by atomic mass is 16.2. The molecule has 0 saturated carbocycles. The van der Waals surface area contributed by atoms with Crippen LogP contribution in [-0.2, 0) is 28.0 Å². The number of nitrogens with zero attached hydrogens (tertiary/aromatic N) is 1. The first-order chi connectivity index (χ1) is 14.9. The fourth-order valence-corrected chi connectivity index (χ4v) is 4.62. The minimum absolute atomic E-state index is 0.0873. The Hall–Kier alpha value is -3.15. The van der Waals surface area contributed by atoms with Gasteiger partial charge in [0.15, 0.2) is 0 Å². The van der Waals surface area contributed by atoms with Crippen LogP contribution >= 0.6 is 0 Å². The van der Waals surface area contributed by atoms with E-state index in [2.05, 4.69) is 23.6 Å². The van der Waals surface area contributed by atoms with E-state index in [4.69, 9.17) is 0 Å². The van der Waals surface area contributed by atoms with E-state index in [0.29, 0.717) is 0 Å². The molecule has 1 saturated heterocycles. The van der Waals surface area contributed by atoms with Gasteiger partial charge >= 0.3 is 6.03 Å². The molecule has 0 radical (unpaired) electrons. The molecule has 4 rings (SSSR count). The van der Waals surface area contributed by atoms with Crippen LogP contribution in [0.25, 0.3) is 0 Å². The van der Waals surface area contributed by atoms with Crippen molar-refractivity contribution < 1.29 is 14.4 Å². The van der Waals surface area contributed by atoms with Crippen LogP contribution in [0.4, 0.5) is 4.79 Å². The van der Waals surface area contributed by atoms with Crippen LogP contribution in [0, 0.1) is 0 Å². The smallest absolute Gasteiger partial charge is 0.325 e. The molecule has 6 heteroatoms. The van der Waals surface area contributed by atoms with E-state index in [-0.39, 0.29) is 18.5 Å². The lowest BCUT2D eigenvalue weighted by molar-refractivity contribution is -0.135. The van der Waals surface area contributed by atoms with E-state index in [9.17, 15) is 14.4 Å². The van der Waals surface area contributed by atoms with Crippen LogP contribution in [-0.4, -0.2) is 29.3 Å². The molecular weight excluding hydrogens is 390 g/mol. The van der Waals surface area contributed by atoms with Crippen LogP contribution in [0.15, 0.2) is 48.5 Å². The van der Waals surface area contributed by atoms with Gasteiger partial charge in [0.05, 0.1) is 6.04 Å². The molecule has 1 aliphatic carbocycles. The third kappa shape index (κ3) is 4.07. The van der Waals surface area contributed by atoms with Gasteiger partial charge in [0, 0.05) is 0 Å². The number of urea groups is 1. The Balaban J connectivity index is 1.45. The Kier molecular flexibility index (Phi) is 5.81. The minimum Gasteiger partial charge on any atom is -0.348 e. The van der Waals surface area contributed by atoms with Crippen LogP contribution in [0.5, 0.6) is 0 Å². The lowest BCUT2D eigenvalue weighted by Gasteiger charge is -2.27. The zero-order valence-electron chi connectivity index (χ0n) is 18.1. The summed E-state index contributed by atoms with van der Waals surface area (Å²) in [5.74, 6) is -0.729. The van der Waals surface area contributed by atoms with E-state index in [1.54, 1.807) is 6.92 Å². The molecule has 6 nitrogen and oxygen atoms in total. The van der Waals surface area contributed by atoms with Crippen molar-refractivity contribution in [3.8, 4) is 0 Å². The lowest BCUT2D eigenvalue weighted by atomic mass is 9.88. The zero-order chi connectivity index (χ0) is 22.0. The molecule has 0 bridgehead atoms. The Morgan fingerprint density at radius 3 is 2.65 bits per heavy atom. The summed E-state index contributed by atoms with van der Waals surface area (Å²) in [6.07, 6.45) is 4.86. The molecule has 0 aromatic heterocycles. The second-order valence-electron chi connectivity index (χ2n) is 8.60. The van der Waals surface area contributed by atoms with E-state index in [1.165, 1.54) is 11.1 Å². The summed E-state index contributed by atoms with van der Waals surface area (Å²) in [5.41, 5.74) is 3.11. The van der Waals surface area contributed by atoms with E-state index in [0.717, 1.165) is 48.1 Å². The Bertz CT molecular complexity index is 1000. The quantitative estimate of drug-likeness (QED) is 0.702. The molecule has 2 aliphatic rings. The topological polar surface area (TPSA) is 78.5 Å². The van der Waals surface area contributed by atoms with Crippen molar-refractivity contribution in [2.24, 2.45) is 0 Å². The fourth-order valence-electron chi connectivity index (χ4n) is 4.62. The van der Waals surface area contributed by atoms with Gasteiger partial charge in [-0.3, -0.25) is 14.5 Å². The van der Waals surface area contributed by atoms with Gasteiger partial charge in [-0.25, -0.2) is 4.79 Å². The standard InChI is InChI=1S/C25H29N3O3/c1-3-7-17-12-14-19(15-13-17)25(2)23(30)28(24(31)27-25)16-22(29)26-21-11-6-9-18-8-4-5-10-20(18)21/h4-5,8,10,12-15,21H,3,6-7,9,11,16H2,1-2H3,(H,26,29)(H,27,31)/t21-,25+/m1/s1. The van der Waals surface area contributed by atoms with Gasteiger partial charge in [0.1, 0.15) is 12.1 Å². The first-order valence-electron chi connectivity index (χ1n) is 11.0. The number of carbonyl (C=O) groups is 3. The summed E-state index contributed by atoms with van der Waals surface area (Å²) in [6.45, 7) is 3.52. The van der Waals surface area contributed by atoms with E-state index < -0.39 is 17.5 Å². The largest absolute Gasteiger partial charge is 0.348 e. The second kappa shape index (κ2) is 8.53. The molecule has 2 N–H and O–H groups in total. The monoisotopic (exact) mass is 419 g/mol. The number of nitrogens with one attached hydrogen (secondary N) is 2. The van der Waals surface area contributed by atoms with Crippen molar-refractivity contribution in [1.82, 2.24) is 15.5 Å². The number of amides is 4. The first-order valence-corrected chi connectivity index (χ1v) is 11.0. The summed E-state index contributed by atoms with van der Waals surface area (Å²) >= 11 is 0. The van der Waals surface area contributed by atoms with Crippen LogP contribution in [0.2, 0.25) is 0 Å². The summed E-state index contributed by atoms with van der Waals surface area (Å²) < 4.78 is 0. The second-order valence-corrected chi connectivity index (χ2v) is 8.60. The molecular formula is C25H29N3O3. The predicted octanol–water partition coefficient (Wildman–Crippen LogP) is 3.60. The molecule has 2 atom stereocenters. The summed E-state index contributed by atoms with van der Waals surface area (Å²) in [6, 6.07) is 15.2. The van der Waals surface area contributed by atoms with Crippen molar-refractivity contribution in [2.45, 2.75) is 57.5 Å². The fraction of sp³-hybridized carbons (Fsp3) is 0.400. The van der Waals surface area contributed by atoms with Gasteiger partial charge in [-0.05, 0) is 54.9 Å². The van der Waals surface area contributed by atoms with Gasteiger partial charge in [-0.2, -0.15) is 0 Å². The summed E-state index contributed by atoms with van der Waals surface area (Å²) in [4.78, 5) is 39.5. The minimum atomic E-state index is -1.17. The molecule has 1 fully saturated rings. The van der Waals surface area contributed by atoms with Crippen molar-refractivity contribution in [2.75, 3.05) is 6.54 Å². The van der Waals surface area contributed by atoms with Gasteiger partial charge in [-0.1, -0.05) is 61.9 Å². The van der Waals surface area contributed by atoms with Crippen LogP contribution < -0.4 is 10.6 Å². The molecule has 2 aromatic carbocycles. The van der Waals surface area contributed by atoms with Crippen molar-refractivity contribution in [1.29, 1.82) is 0 Å². The number of aryl methyl sites for hydroxylation is 2. The maximum absolute atomic E-state index is 13.1. The third-order valence-corrected chi connectivity index (χ3v) is 6.35. The van der Waals surface area contributed by atoms with Gasteiger partial charge < -0.3 is 10.6 Å². The number of carbonyl (C=O) groups excluding carboxylic acids is 3. The maximum Gasteiger partial charge on any atom is 0.325 e. The molecule has 31 heavy (non-hydrogen) atoms. The number of fused-ring (bicyclic) bond motifs is 1. The average molecular weight is 420 g/mol. The van der Waals surface area contributed by atoms with Gasteiger partial charge in [0.2, 0.25) is 5.91 Å². The maximum atomic E-state index is 13.1. The van der Waals surface area contributed by atoms with Crippen LogP contribution in [0.3, 0.4) is 0 Å². The average Bonchev–Trinajstić information content (AvgIpc) is 2.98. The van der Waals surface area contributed by atoms with E-state index >= 15 is 0 Å². The zero-order valence-corrected chi connectivity index (χ0v) is 18.1. The van der Waals surface area contributed by atoms with Gasteiger partial charge in [-0.15, -0.1) is 0 Å². The highest BCUT2D eigenvalue weighted by Gasteiger charge is 2.49. The highest BCUT2D eigenvalue weighted by molar-refractivity contribution is 6.09. The van der Waals surface area contributed by atoms with Crippen molar-refractivity contribution >= 4 is 17.8 Å². The third-order valence-electron chi connectivity index (χ3n) is 6.35. The normalized spacial score (nSPS) is 22.8. The number of rotatable bonds is 6. The Morgan fingerprint density at radius 2 is 1.90 bits per heavy atom. The highest BCUT2D eigenvalue weighted by Crippen LogP contribution is 2.31. The number of hydrogen-bond acceptors (Lipinski definition) is 3. The number of imide groups is 1. The van der Waals surface area contributed by atoms with Crippen molar-refractivity contribution in [3.63, 3.8) is 0 Å².